The van der Waals surface area contributed by atoms with Crippen molar-refractivity contribution in [3.63, 3.8) is 0 Å². The Morgan fingerprint density at radius 1 is 0.926 bits per heavy atom. The minimum atomic E-state index is -1.43. The van der Waals surface area contributed by atoms with Crippen molar-refractivity contribution in [2.45, 2.75) is 6.92 Å². The number of rotatable bonds is 5. The Bertz CT molecular complexity index is 1020. The minimum absolute atomic E-state index is 0.0536. The molecule has 0 amide bonds. The highest BCUT2D eigenvalue weighted by Crippen LogP contribution is 2.43. The molecule has 0 aliphatic heterocycles. The molecule has 3 aromatic carbocycles. The van der Waals surface area contributed by atoms with Gasteiger partial charge in [0.2, 0.25) is 0 Å². The number of hydrogen-bond donors (Lipinski definition) is 4. The molecule has 136 valence electrons. The third-order valence-corrected chi connectivity index (χ3v) is 3.90. The van der Waals surface area contributed by atoms with Crippen LogP contribution in [-0.4, -0.2) is 21.3 Å². The van der Waals surface area contributed by atoms with Crippen molar-refractivity contribution in [2.24, 2.45) is 10.2 Å². The molecule has 0 bridgehead atoms. The van der Waals surface area contributed by atoms with E-state index >= 15 is 0 Å². The van der Waals surface area contributed by atoms with Crippen LogP contribution in [0.1, 0.15) is 15.9 Å². The van der Waals surface area contributed by atoms with Gasteiger partial charge in [0.25, 0.3) is 0 Å². The predicted molar refractivity (Wildman–Crippen MR) is 102 cm³/mol. The van der Waals surface area contributed by atoms with Gasteiger partial charge in [0, 0.05) is 11.8 Å². The second-order valence-electron chi connectivity index (χ2n) is 5.80. The zero-order valence-corrected chi connectivity index (χ0v) is 14.4. The maximum Gasteiger partial charge on any atom is 0.342 e. The number of hydrogen-bond acceptors (Lipinski definition) is 6. The third kappa shape index (κ3) is 3.87. The maximum atomic E-state index is 11.7. The van der Waals surface area contributed by atoms with Crippen LogP contribution in [0, 0.1) is 6.92 Å². The summed E-state index contributed by atoms with van der Waals surface area (Å²) in [5.74, 6) is -2.38. The summed E-state index contributed by atoms with van der Waals surface area (Å²) in [6.45, 7) is 1.86. The largest absolute Gasteiger partial charge is 0.506 e. The van der Waals surface area contributed by atoms with Crippen LogP contribution in [0.5, 0.6) is 11.5 Å². The summed E-state index contributed by atoms with van der Waals surface area (Å²) >= 11 is 0. The van der Waals surface area contributed by atoms with Gasteiger partial charge in [-0.05, 0) is 30.7 Å². The van der Waals surface area contributed by atoms with Crippen LogP contribution in [0.25, 0.3) is 0 Å². The number of carboxylic acids is 1. The van der Waals surface area contributed by atoms with Crippen LogP contribution in [0.2, 0.25) is 0 Å². The van der Waals surface area contributed by atoms with Gasteiger partial charge in [-0.25, -0.2) is 4.79 Å². The molecule has 27 heavy (non-hydrogen) atoms. The molecule has 4 N–H and O–H groups in total. The number of azo groups is 1. The number of benzene rings is 3. The number of phenols is 2. The zero-order valence-electron chi connectivity index (χ0n) is 14.4. The third-order valence-electron chi connectivity index (χ3n) is 3.90. The first-order valence-electron chi connectivity index (χ1n) is 8.09. The van der Waals surface area contributed by atoms with E-state index in [9.17, 15) is 20.1 Å². The lowest BCUT2D eigenvalue weighted by Crippen LogP contribution is -2.01. The van der Waals surface area contributed by atoms with Crippen LogP contribution in [-0.2, 0) is 0 Å². The van der Waals surface area contributed by atoms with Gasteiger partial charge in [-0.3, -0.25) is 0 Å². The molecule has 0 heterocycles. The molecule has 0 saturated heterocycles. The van der Waals surface area contributed by atoms with E-state index < -0.39 is 23.0 Å². The molecule has 0 atom stereocenters. The summed E-state index contributed by atoms with van der Waals surface area (Å²) in [7, 11) is 0. The van der Waals surface area contributed by atoms with Crippen LogP contribution < -0.4 is 5.32 Å². The lowest BCUT2D eigenvalue weighted by molar-refractivity contribution is 0.0694. The normalized spacial score (nSPS) is 10.9. The monoisotopic (exact) mass is 363 g/mol. The Morgan fingerprint density at radius 3 is 2.26 bits per heavy atom. The number of aryl methyl sites for hydroxylation is 1. The van der Waals surface area contributed by atoms with Crippen molar-refractivity contribution in [1.29, 1.82) is 0 Å². The molecular weight excluding hydrogens is 346 g/mol. The van der Waals surface area contributed by atoms with E-state index in [-0.39, 0.29) is 11.4 Å². The first-order valence-corrected chi connectivity index (χ1v) is 8.09. The van der Waals surface area contributed by atoms with Gasteiger partial charge in [-0.1, -0.05) is 36.4 Å². The van der Waals surface area contributed by atoms with Gasteiger partial charge in [0.1, 0.15) is 17.0 Å². The van der Waals surface area contributed by atoms with Crippen molar-refractivity contribution in [1.82, 2.24) is 0 Å². The lowest BCUT2D eigenvalue weighted by Gasteiger charge is -2.14. The average molecular weight is 363 g/mol. The van der Waals surface area contributed by atoms with Crippen molar-refractivity contribution in [3.8, 4) is 11.5 Å². The molecule has 0 aliphatic carbocycles. The molecule has 7 nitrogen and oxygen atoms in total. The van der Waals surface area contributed by atoms with Crippen molar-refractivity contribution >= 4 is 28.7 Å². The summed E-state index contributed by atoms with van der Waals surface area (Å²) in [4.78, 5) is 11.7. The molecule has 0 aliphatic rings. The van der Waals surface area contributed by atoms with Crippen LogP contribution in [0.15, 0.2) is 70.9 Å². The van der Waals surface area contributed by atoms with E-state index in [1.54, 1.807) is 42.5 Å². The van der Waals surface area contributed by atoms with E-state index in [1.165, 1.54) is 6.07 Å². The second kappa shape index (κ2) is 7.57. The molecule has 0 radical (unpaired) electrons. The number of aromatic carboxylic acids is 1. The average Bonchev–Trinajstić information content (AvgIpc) is 2.65. The number of para-hydroxylation sites is 1. The summed E-state index contributed by atoms with van der Waals surface area (Å²) in [5.41, 5.74) is 1.24. The minimum Gasteiger partial charge on any atom is -0.506 e. The van der Waals surface area contributed by atoms with Crippen LogP contribution in [0.4, 0.5) is 22.7 Å². The number of nitrogens with one attached hydrogen (secondary N) is 1. The van der Waals surface area contributed by atoms with Crippen LogP contribution in [0.3, 0.4) is 0 Å². The fraction of sp³-hybridized carbons (Fsp3) is 0.0500. The first-order chi connectivity index (χ1) is 13.0. The highest BCUT2D eigenvalue weighted by molar-refractivity contribution is 6.01. The van der Waals surface area contributed by atoms with Gasteiger partial charge in [-0.15, -0.1) is 5.11 Å². The lowest BCUT2D eigenvalue weighted by atomic mass is 10.1. The van der Waals surface area contributed by atoms with E-state index in [4.69, 9.17) is 0 Å². The standard InChI is InChI=1S/C20H17N3O4/c1-12-7-5-6-10-14(12)21-15-11-16(24)18(17(19(15)25)20(26)27)23-22-13-8-3-2-4-9-13/h2-11,21,24-25H,1H3,(H,26,27). The Hall–Kier alpha value is -3.87. The summed E-state index contributed by atoms with van der Waals surface area (Å²) < 4.78 is 0. The van der Waals surface area contributed by atoms with Gasteiger partial charge < -0.3 is 20.6 Å². The number of carboxylic acid groups (broad SMARTS) is 1. The van der Waals surface area contributed by atoms with Crippen LogP contribution >= 0.6 is 0 Å². The zero-order chi connectivity index (χ0) is 19.4. The summed E-state index contributed by atoms with van der Waals surface area (Å²) in [6, 6.07) is 17.2. The van der Waals surface area contributed by atoms with Gasteiger partial charge >= 0.3 is 5.97 Å². The number of carbonyl (C=O) groups is 1. The summed E-state index contributed by atoms with van der Waals surface area (Å²) in [5, 5.41) is 41.0. The number of nitrogens with zero attached hydrogens (tertiary/aromatic N) is 2. The summed E-state index contributed by atoms with van der Waals surface area (Å²) in [6.07, 6.45) is 0. The number of phenolic OH excluding ortho intramolecular Hbond substituents is 1. The molecule has 3 rings (SSSR count). The molecular formula is C20H17N3O4. The highest BCUT2D eigenvalue weighted by Gasteiger charge is 2.23. The molecule has 0 unspecified atom stereocenters. The van der Waals surface area contributed by atoms with E-state index in [0.717, 1.165) is 5.56 Å². The smallest absolute Gasteiger partial charge is 0.342 e. The first kappa shape index (κ1) is 17.9. The highest BCUT2D eigenvalue weighted by atomic mass is 16.4. The van der Waals surface area contributed by atoms with Gasteiger partial charge in [0.15, 0.2) is 5.75 Å². The van der Waals surface area contributed by atoms with Gasteiger partial charge in [-0.2, -0.15) is 5.11 Å². The molecule has 0 spiro atoms. The fourth-order valence-electron chi connectivity index (χ4n) is 2.51. The number of aromatic hydroxyl groups is 2. The fourth-order valence-corrected chi connectivity index (χ4v) is 2.51. The molecule has 3 aromatic rings. The SMILES string of the molecule is Cc1ccccc1Nc1cc(O)c(N=Nc2ccccc2)c(C(=O)O)c1O. The number of anilines is 2. The Kier molecular flexibility index (Phi) is 5.03. The molecule has 7 heteroatoms. The topological polar surface area (TPSA) is 115 Å². The maximum absolute atomic E-state index is 11.7. The molecule has 0 saturated carbocycles. The van der Waals surface area contributed by atoms with Crippen molar-refractivity contribution in [3.05, 3.63) is 71.8 Å². The van der Waals surface area contributed by atoms with E-state index in [1.807, 2.05) is 19.1 Å². The van der Waals surface area contributed by atoms with E-state index in [2.05, 4.69) is 15.5 Å². The van der Waals surface area contributed by atoms with Gasteiger partial charge in [0.05, 0.1) is 11.4 Å². The molecule has 0 fully saturated rings. The van der Waals surface area contributed by atoms with Crippen molar-refractivity contribution < 1.29 is 20.1 Å². The Labute approximate surface area is 155 Å². The Morgan fingerprint density at radius 2 is 1.59 bits per heavy atom. The quantitative estimate of drug-likeness (QED) is 0.280. The second-order valence-corrected chi connectivity index (χ2v) is 5.80. The Balaban J connectivity index is 2.06. The van der Waals surface area contributed by atoms with E-state index in [0.29, 0.717) is 11.4 Å². The van der Waals surface area contributed by atoms with Crippen molar-refractivity contribution in [2.75, 3.05) is 5.32 Å². The predicted octanol–water partition coefficient (Wildman–Crippen LogP) is 5.26. The molecule has 0 aromatic heterocycles.